The molecule has 10 heteroatoms. The fourth-order valence-electron chi connectivity index (χ4n) is 1.34. The summed E-state index contributed by atoms with van der Waals surface area (Å²) < 4.78 is 22.1. The van der Waals surface area contributed by atoms with E-state index in [9.17, 15) is 24.1 Å². The first-order valence-corrected chi connectivity index (χ1v) is 6.52. The van der Waals surface area contributed by atoms with Gasteiger partial charge in [0.25, 0.3) is 5.69 Å². The van der Waals surface area contributed by atoms with Crippen LogP contribution in [-0.2, 0) is 9.47 Å². The number of anilines is 1. The lowest BCUT2D eigenvalue weighted by molar-refractivity contribution is -0.384. The fourth-order valence-corrected chi connectivity index (χ4v) is 1.55. The van der Waals surface area contributed by atoms with Crippen molar-refractivity contribution in [2.75, 3.05) is 11.9 Å². The van der Waals surface area contributed by atoms with Crippen LogP contribution in [0.1, 0.15) is 19.8 Å². The highest BCUT2D eigenvalue weighted by molar-refractivity contribution is 6.34. The van der Waals surface area contributed by atoms with Gasteiger partial charge in [-0.2, -0.15) is 0 Å². The van der Waals surface area contributed by atoms with E-state index < -0.39 is 39.4 Å². The van der Waals surface area contributed by atoms with Crippen LogP contribution >= 0.6 is 11.6 Å². The molecule has 0 saturated heterocycles. The van der Waals surface area contributed by atoms with E-state index in [2.05, 4.69) is 9.47 Å². The zero-order valence-corrected chi connectivity index (χ0v) is 12.2. The van der Waals surface area contributed by atoms with E-state index in [0.29, 0.717) is 6.42 Å². The lowest BCUT2D eigenvalue weighted by atomic mass is 10.2. The summed E-state index contributed by atoms with van der Waals surface area (Å²) in [4.78, 5) is 32.5. The van der Waals surface area contributed by atoms with E-state index in [4.69, 9.17) is 11.6 Å². The minimum atomic E-state index is -1.38. The van der Waals surface area contributed by atoms with E-state index in [1.807, 2.05) is 12.2 Å². The Morgan fingerprint density at radius 2 is 2.14 bits per heavy atom. The SMILES string of the molecule is CCCCOC(=O)OC(=O)Nc1c([N+](=O)[O-])ccc(F)c1Cl. The Labute approximate surface area is 129 Å². The third kappa shape index (κ3) is 4.85. The van der Waals surface area contributed by atoms with Crippen molar-refractivity contribution < 1.29 is 28.4 Å². The Hall–Kier alpha value is -2.42. The molecule has 0 aliphatic heterocycles. The van der Waals surface area contributed by atoms with E-state index in [1.54, 1.807) is 0 Å². The molecule has 0 fully saturated rings. The highest BCUT2D eigenvalue weighted by Crippen LogP contribution is 2.34. The number of ether oxygens (including phenoxy) is 2. The number of carbonyl (C=O) groups excluding carboxylic acids is 2. The Balaban J connectivity index is 2.78. The summed E-state index contributed by atoms with van der Waals surface area (Å²) in [6.45, 7) is 1.93. The number of amides is 1. The summed E-state index contributed by atoms with van der Waals surface area (Å²) in [7, 11) is 0. The lowest BCUT2D eigenvalue weighted by Gasteiger charge is -2.08. The average molecular weight is 335 g/mol. The van der Waals surface area contributed by atoms with Gasteiger partial charge in [-0.3, -0.25) is 15.4 Å². The largest absolute Gasteiger partial charge is 0.517 e. The molecule has 0 aliphatic carbocycles. The van der Waals surface area contributed by atoms with Crippen LogP contribution in [0.4, 0.5) is 25.4 Å². The Morgan fingerprint density at radius 3 is 2.73 bits per heavy atom. The summed E-state index contributed by atoms with van der Waals surface area (Å²) in [6.07, 6.45) is -1.30. The van der Waals surface area contributed by atoms with Gasteiger partial charge in [-0.15, -0.1) is 0 Å². The molecule has 0 aromatic heterocycles. The number of nitrogens with zero attached hydrogens (tertiary/aromatic N) is 1. The normalized spacial score (nSPS) is 9.95. The maximum absolute atomic E-state index is 13.3. The van der Waals surface area contributed by atoms with Crippen molar-refractivity contribution in [1.29, 1.82) is 0 Å². The first-order valence-electron chi connectivity index (χ1n) is 6.14. The molecule has 0 spiro atoms. The van der Waals surface area contributed by atoms with E-state index >= 15 is 0 Å². The van der Waals surface area contributed by atoms with E-state index in [0.717, 1.165) is 18.6 Å². The predicted molar refractivity (Wildman–Crippen MR) is 74.4 cm³/mol. The maximum atomic E-state index is 13.3. The minimum absolute atomic E-state index is 0.0590. The number of halogens is 2. The van der Waals surface area contributed by atoms with Gasteiger partial charge in [-0.1, -0.05) is 24.9 Å². The van der Waals surface area contributed by atoms with Crippen molar-refractivity contribution in [2.45, 2.75) is 19.8 Å². The summed E-state index contributed by atoms with van der Waals surface area (Å²) in [6, 6.07) is 1.59. The number of nitro groups is 1. The number of nitrogens with one attached hydrogen (secondary N) is 1. The van der Waals surface area contributed by atoms with Crippen molar-refractivity contribution in [3.05, 3.63) is 33.1 Å². The second kappa shape index (κ2) is 8.13. The number of rotatable bonds is 5. The number of nitro benzene ring substituents is 1. The van der Waals surface area contributed by atoms with Gasteiger partial charge < -0.3 is 9.47 Å². The highest BCUT2D eigenvalue weighted by atomic mass is 35.5. The highest BCUT2D eigenvalue weighted by Gasteiger charge is 2.23. The minimum Gasteiger partial charge on any atom is -0.434 e. The standard InChI is InChI=1S/C12H12ClFN2O6/c1-2-3-6-21-12(18)22-11(17)15-10-8(16(19)20)5-4-7(14)9(10)13/h4-5H,2-3,6H2,1H3,(H,15,17). The molecule has 8 nitrogen and oxygen atoms in total. The molecule has 0 heterocycles. The van der Waals surface area contributed by atoms with Crippen LogP contribution < -0.4 is 5.32 Å². The molecule has 0 unspecified atom stereocenters. The molecule has 1 aromatic rings. The Bertz CT molecular complexity index is 595. The van der Waals surface area contributed by atoms with Gasteiger partial charge in [0.15, 0.2) is 0 Å². The summed E-state index contributed by atoms with van der Waals surface area (Å²) >= 11 is 5.56. The maximum Gasteiger partial charge on any atom is 0.517 e. The van der Waals surface area contributed by atoms with E-state index in [1.165, 1.54) is 0 Å². The van der Waals surface area contributed by atoms with Crippen LogP contribution in [-0.4, -0.2) is 23.8 Å². The number of benzene rings is 1. The summed E-state index contributed by atoms with van der Waals surface area (Å²) in [5.41, 5.74) is -1.26. The molecule has 1 rings (SSSR count). The van der Waals surface area contributed by atoms with Crippen molar-refractivity contribution in [1.82, 2.24) is 0 Å². The second-order valence-corrected chi connectivity index (χ2v) is 4.36. The van der Waals surface area contributed by atoms with Crippen LogP contribution in [0.3, 0.4) is 0 Å². The molecule has 0 atom stereocenters. The van der Waals surface area contributed by atoms with Crippen molar-refractivity contribution in [3.8, 4) is 0 Å². The molecule has 0 aliphatic rings. The van der Waals surface area contributed by atoms with Gasteiger partial charge in [0, 0.05) is 6.07 Å². The van der Waals surface area contributed by atoms with Crippen molar-refractivity contribution in [3.63, 3.8) is 0 Å². The van der Waals surface area contributed by atoms with Crippen LogP contribution in [0.5, 0.6) is 0 Å². The van der Waals surface area contributed by atoms with Crippen molar-refractivity contribution >= 4 is 35.2 Å². The molecular weight excluding hydrogens is 323 g/mol. The molecule has 0 bridgehead atoms. The topological polar surface area (TPSA) is 108 Å². The van der Waals surface area contributed by atoms with Crippen LogP contribution in [0.2, 0.25) is 5.02 Å². The zero-order chi connectivity index (χ0) is 16.7. The molecule has 0 radical (unpaired) electrons. The summed E-state index contributed by atoms with van der Waals surface area (Å²) in [5.74, 6) is -0.979. The smallest absolute Gasteiger partial charge is 0.434 e. The number of hydrogen-bond acceptors (Lipinski definition) is 6. The van der Waals surface area contributed by atoms with Gasteiger partial charge in [0.1, 0.15) is 16.5 Å². The predicted octanol–water partition coefficient (Wildman–Crippen LogP) is 3.87. The third-order valence-electron chi connectivity index (χ3n) is 2.39. The van der Waals surface area contributed by atoms with Gasteiger partial charge in [-0.25, -0.2) is 14.0 Å². The van der Waals surface area contributed by atoms with Gasteiger partial charge in [0.05, 0.1) is 11.5 Å². The Kier molecular flexibility index (Phi) is 6.51. The monoisotopic (exact) mass is 334 g/mol. The molecule has 120 valence electrons. The van der Waals surface area contributed by atoms with Crippen molar-refractivity contribution in [2.24, 2.45) is 0 Å². The van der Waals surface area contributed by atoms with Crippen LogP contribution in [0.15, 0.2) is 12.1 Å². The van der Waals surface area contributed by atoms with Crippen LogP contribution in [0.25, 0.3) is 0 Å². The molecule has 1 amide bonds. The lowest BCUT2D eigenvalue weighted by Crippen LogP contribution is -2.20. The first-order chi connectivity index (χ1) is 10.4. The zero-order valence-electron chi connectivity index (χ0n) is 11.4. The second-order valence-electron chi connectivity index (χ2n) is 3.98. The van der Waals surface area contributed by atoms with Crippen LogP contribution in [0, 0.1) is 15.9 Å². The number of unbranched alkanes of at least 4 members (excludes halogenated alkanes) is 1. The van der Waals surface area contributed by atoms with E-state index in [-0.39, 0.29) is 6.61 Å². The molecule has 22 heavy (non-hydrogen) atoms. The molecule has 0 saturated carbocycles. The first kappa shape index (κ1) is 17.6. The molecule has 1 aromatic carbocycles. The van der Waals surface area contributed by atoms with Gasteiger partial charge in [-0.05, 0) is 12.5 Å². The third-order valence-corrected chi connectivity index (χ3v) is 2.76. The molecular formula is C12H12ClFN2O6. The number of hydrogen-bond donors (Lipinski definition) is 1. The Morgan fingerprint density at radius 1 is 1.45 bits per heavy atom. The molecule has 1 N–H and O–H groups in total. The van der Waals surface area contributed by atoms with Gasteiger partial charge in [0.2, 0.25) is 0 Å². The quantitative estimate of drug-likeness (QED) is 0.288. The average Bonchev–Trinajstić information content (AvgIpc) is 2.43. The number of carbonyl (C=O) groups is 2. The van der Waals surface area contributed by atoms with Gasteiger partial charge >= 0.3 is 12.2 Å². The summed E-state index contributed by atoms with van der Waals surface area (Å²) in [5, 5.41) is 12.0. The fraction of sp³-hybridized carbons (Fsp3) is 0.333.